The second-order valence-corrected chi connectivity index (χ2v) is 5.47. The molecule has 2 aliphatic rings. The standard InChI is InChI=1S/C15H19N3O2.ClH/c19-14-6-4-10-3-5-12(8-13(10)18-14)17-15(20)9-11-2-1-7-16-11;/h3,5,8,11,16H,1-2,4,6-7,9H2,(H,17,20)(H,18,19);1H. The molecule has 1 aromatic rings. The van der Waals surface area contributed by atoms with Crippen LogP contribution in [0.4, 0.5) is 11.4 Å². The second kappa shape index (κ2) is 6.91. The van der Waals surface area contributed by atoms with Crippen LogP contribution in [0.1, 0.15) is 31.2 Å². The minimum Gasteiger partial charge on any atom is -0.326 e. The number of anilines is 2. The molecule has 2 amide bonds. The molecular weight excluding hydrogens is 290 g/mol. The summed E-state index contributed by atoms with van der Waals surface area (Å²) in [6.07, 6.45) is 4.01. The normalized spacial score (nSPS) is 20.2. The van der Waals surface area contributed by atoms with E-state index in [-0.39, 0.29) is 24.2 Å². The van der Waals surface area contributed by atoms with Crippen LogP contribution in [0.2, 0.25) is 0 Å². The Labute approximate surface area is 130 Å². The van der Waals surface area contributed by atoms with Gasteiger partial charge in [0.2, 0.25) is 11.8 Å². The topological polar surface area (TPSA) is 70.2 Å². The number of carbonyl (C=O) groups is 2. The van der Waals surface area contributed by atoms with Crippen LogP contribution in [-0.2, 0) is 16.0 Å². The Balaban J connectivity index is 0.00000161. The van der Waals surface area contributed by atoms with Gasteiger partial charge in [0, 0.05) is 30.3 Å². The van der Waals surface area contributed by atoms with E-state index in [0.717, 1.165) is 42.7 Å². The van der Waals surface area contributed by atoms with E-state index in [1.165, 1.54) is 0 Å². The zero-order valence-electron chi connectivity index (χ0n) is 11.8. The number of amides is 2. The third-order valence-electron chi connectivity index (χ3n) is 3.88. The van der Waals surface area contributed by atoms with Gasteiger partial charge in [0.05, 0.1) is 0 Å². The average molecular weight is 310 g/mol. The van der Waals surface area contributed by atoms with Gasteiger partial charge in [-0.25, -0.2) is 0 Å². The fourth-order valence-corrected chi connectivity index (χ4v) is 2.82. The Kier molecular flexibility index (Phi) is 5.20. The van der Waals surface area contributed by atoms with Crippen molar-refractivity contribution >= 4 is 35.6 Å². The molecule has 3 rings (SSSR count). The lowest BCUT2D eigenvalue weighted by Gasteiger charge is -2.18. The summed E-state index contributed by atoms with van der Waals surface area (Å²) in [4.78, 5) is 23.3. The van der Waals surface area contributed by atoms with Crippen LogP contribution in [-0.4, -0.2) is 24.4 Å². The van der Waals surface area contributed by atoms with Gasteiger partial charge in [-0.2, -0.15) is 0 Å². The lowest BCUT2D eigenvalue weighted by Crippen LogP contribution is -2.27. The van der Waals surface area contributed by atoms with Crippen LogP contribution in [0.3, 0.4) is 0 Å². The van der Waals surface area contributed by atoms with Gasteiger partial charge in [-0.3, -0.25) is 9.59 Å². The molecular formula is C15H20ClN3O2. The van der Waals surface area contributed by atoms with E-state index in [9.17, 15) is 9.59 Å². The first-order valence-electron chi connectivity index (χ1n) is 7.17. The maximum atomic E-state index is 12.0. The van der Waals surface area contributed by atoms with E-state index in [4.69, 9.17) is 0 Å². The maximum Gasteiger partial charge on any atom is 0.225 e. The highest BCUT2D eigenvalue weighted by Gasteiger charge is 2.19. The van der Waals surface area contributed by atoms with E-state index < -0.39 is 0 Å². The molecule has 2 aliphatic heterocycles. The molecule has 114 valence electrons. The van der Waals surface area contributed by atoms with E-state index >= 15 is 0 Å². The number of fused-ring (bicyclic) bond motifs is 1. The molecule has 0 aliphatic carbocycles. The van der Waals surface area contributed by atoms with E-state index in [0.29, 0.717) is 18.9 Å². The van der Waals surface area contributed by atoms with Crippen LogP contribution in [0.5, 0.6) is 0 Å². The van der Waals surface area contributed by atoms with E-state index in [2.05, 4.69) is 16.0 Å². The monoisotopic (exact) mass is 309 g/mol. The predicted octanol–water partition coefficient (Wildman–Crippen LogP) is 2.07. The third-order valence-corrected chi connectivity index (χ3v) is 3.88. The fourth-order valence-electron chi connectivity index (χ4n) is 2.82. The van der Waals surface area contributed by atoms with Crippen LogP contribution in [0.25, 0.3) is 0 Å². The first-order chi connectivity index (χ1) is 9.70. The van der Waals surface area contributed by atoms with Crippen molar-refractivity contribution in [3.63, 3.8) is 0 Å². The summed E-state index contributed by atoms with van der Waals surface area (Å²) in [5.74, 6) is 0.0580. The van der Waals surface area contributed by atoms with Crippen molar-refractivity contribution in [2.75, 3.05) is 17.2 Å². The smallest absolute Gasteiger partial charge is 0.225 e. The van der Waals surface area contributed by atoms with Gasteiger partial charge in [-0.1, -0.05) is 6.07 Å². The van der Waals surface area contributed by atoms with Crippen LogP contribution >= 0.6 is 12.4 Å². The summed E-state index contributed by atoms with van der Waals surface area (Å²) in [7, 11) is 0. The fraction of sp³-hybridized carbons (Fsp3) is 0.467. The van der Waals surface area contributed by atoms with Crippen molar-refractivity contribution in [2.24, 2.45) is 0 Å². The van der Waals surface area contributed by atoms with Crippen molar-refractivity contribution in [2.45, 2.75) is 38.1 Å². The first kappa shape index (κ1) is 15.8. The first-order valence-corrected chi connectivity index (χ1v) is 7.17. The Morgan fingerprint density at radius 1 is 1.33 bits per heavy atom. The number of aryl methyl sites for hydroxylation is 1. The highest BCUT2D eigenvalue weighted by Crippen LogP contribution is 2.26. The van der Waals surface area contributed by atoms with Crippen molar-refractivity contribution < 1.29 is 9.59 Å². The summed E-state index contributed by atoms with van der Waals surface area (Å²) in [5, 5.41) is 9.06. The molecule has 5 nitrogen and oxygen atoms in total. The quantitative estimate of drug-likeness (QED) is 0.800. The molecule has 21 heavy (non-hydrogen) atoms. The molecule has 0 bridgehead atoms. The number of rotatable bonds is 3. The minimum atomic E-state index is 0. The maximum absolute atomic E-state index is 12.0. The lowest BCUT2D eigenvalue weighted by molar-refractivity contribution is -0.117. The summed E-state index contributed by atoms with van der Waals surface area (Å²) in [5.41, 5.74) is 2.69. The van der Waals surface area contributed by atoms with Crippen LogP contribution in [0.15, 0.2) is 18.2 Å². The number of nitrogens with one attached hydrogen (secondary N) is 3. The summed E-state index contributed by atoms with van der Waals surface area (Å²) >= 11 is 0. The molecule has 0 spiro atoms. The second-order valence-electron chi connectivity index (χ2n) is 5.47. The molecule has 1 unspecified atom stereocenters. The molecule has 0 saturated carbocycles. The third kappa shape index (κ3) is 3.95. The minimum absolute atomic E-state index is 0. The SMILES string of the molecule is Cl.O=C(CC1CCCN1)Nc1ccc2c(c1)NC(=O)CC2. The van der Waals surface area contributed by atoms with E-state index in [1.807, 2.05) is 18.2 Å². The zero-order valence-corrected chi connectivity index (χ0v) is 12.6. The predicted molar refractivity (Wildman–Crippen MR) is 84.9 cm³/mol. The Hall–Kier alpha value is -1.59. The van der Waals surface area contributed by atoms with Gasteiger partial charge < -0.3 is 16.0 Å². The van der Waals surface area contributed by atoms with Crippen molar-refractivity contribution in [1.82, 2.24) is 5.32 Å². The molecule has 0 aromatic heterocycles. The van der Waals surface area contributed by atoms with Crippen molar-refractivity contribution in [3.05, 3.63) is 23.8 Å². The summed E-state index contributed by atoms with van der Waals surface area (Å²) in [6, 6.07) is 6.01. The average Bonchev–Trinajstić information content (AvgIpc) is 2.91. The van der Waals surface area contributed by atoms with Gasteiger partial charge in [0.1, 0.15) is 0 Å². The summed E-state index contributed by atoms with van der Waals surface area (Å²) in [6.45, 7) is 1.00. The van der Waals surface area contributed by atoms with Crippen molar-refractivity contribution in [1.29, 1.82) is 0 Å². The number of hydrogen-bond donors (Lipinski definition) is 3. The molecule has 6 heteroatoms. The number of halogens is 1. The van der Waals surface area contributed by atoms with Crippen LogP contribution < -0.4 is 16.0 Å². The Bertz CT molecular complexity index is 542. The van der Waals surface area contributed by atoms with Crippen LogP contribution in [0, 0.1) is 0 Å². The lowest BCUT2D eigenvalue weighted by atomic mass is 10.0. The Morgan fingerprint density at radius 3 is 2.95 bits per heavy atom. The highest BCUT2D eigenvalue weighted by atomic mass is 35.5. The molecule has 1 atom stereocenters. The molecule has 1 fully saturated rings. The molecule has 0 radical (unpaired) electrons. The van der Waals surface area contributed by atoms with Gasteiger partial charge in [0.25, 0.3) is 0 Å². The summed E-state index contributed by atoms with van der Waals surface area (Å²) < 4.78 is 0. The van der Waals surface area contributed by atoms with Gasteiger partial charge in [0.15, 0.2) is 0 Å². The molecule has 1 saturated heterocycles. The van der Waals surface area contributed by atoms with Gasteiger partial charge >= 0.3 is 0 Å². The van der Waals surface area contributed by atoms with Gasteiger partial charge in [-0.05, 0) is 43.5 Å². The molecule has 3 N–H and O–H groups in total. The Morgan fingerprint density at radius 2 is 2.19 bits per heavy atom. The number of carbonyl (C=O) groups excluding carboxylic acids is 2. The number of benzene rings is 1. The molecule has 2 heterocycles. The highest BCUT2D eigenvalue weighted by molar-refractivity contribution is 5.96. The van der Waals surface area contributed by atoms with Crippen molar-refractivity contribution in [3.8, 4) is 0 Å². The zero-order chi connectivity index (χ0) is 13.9. The number of hydrogen-bond acceptors (Lipinski definition) is 3. The van der Waals surface area contributed by atoms with Gasteiger partial charge in [-0.15, -0.1) is 12.4 Å². The molecule has 1 aromatic carbocycles. The largest absolute Gasteiger partial charge is 0.326 e. The van der Waals surface area contributed by atoms with E-state index in [1.54, 1.807) is 0 Å².